The molecule has 1 aliphatic heterocycles. The smallest absolute Gasteiger partial charge is 0.251 e. The Balaban J connectivity index is 1.49. The van der Waals surface area contributed by atoms with Crippen LogP contribution in [0.3, 0.4) is 0 Å². The molecular weight excluding hydrogens is 536 g/mol. The van der Waals surface area contributed by atoms with Crippen LogP contribution in [0.4, 0.5) is 0 Å². The van der Waals surface area contributed by atoms with Gasteiger partial charge in [-0.05, 0) is 66.1 Å². The zero-order chi connectivity index (χ0) is 26.1. The first-order chi connectivity index (χ1) is 18.0. The summed E-state index contributed by atoms with van der Waals surface area (Å²) < 4.78 is 17.8. The van der Waals surface area contributed by atoms with Crippen LogP contribution in [0, 0.1) is 0 Å². The van der Waals surface area contributed by atoms with Gasteiger partial charge in [0.2, 0.25) is 5.90 Å². The highest BCUT2D eigenvalue weighted by atomic mass is 79.9. The molecule has 0 radical (unpaired) electrons. The average molecular weight is 567 g/mol. The first-order valence-corrected chi connectivity index (χ1v) is 13.0. The predicted molar refractivity (Wildman–Crippen MR) is 146 cm³/mol. The maximum atomic E-state index is 13.5. The third kappa shape index (κ3) is 7.11. The van der Waals surface area contributed by atoms with E-state index in [0.29, 0.717) is 44.1 Å². The Morgan fingerprint density at radius 2 is 1.70 bits per heavy atom. The number of nitrogens with one attached hydrogen (secondary N) is 1. The van der Waals surface area contributed by atoms with Crippen LogP contribution in [0.5, 0.6) is 11.5 Å². The van der Waals surface area contributed by atoms with Gasteiger partial charge in [-0.25, -0.2) is 4.99 Å². The third-order valence-corrected chi connectivity index (χ3v) is 6.66. The van der Waals surface area contributed by atoms with Gasteiger partial charge in [0.15, 0.2) is 5.54 Å². The van der Waals surface area contributed by atoms with Crippen molar-refractivity contribution in [1.29, 1.82) is 0 Å². The number of benzene rings is 3. The molecule has 0 spiro atoms. The average Bonchev–Trinajstić information content (AvgIpc) is 3.36. The standard InChI is InChI=1S/C29H31BrN2O5/c1-35-25-11-5-21(6-12-25)15-16-31-28(34)29(19-22-3-9-24(30)10-4-22)20-37-27(32-29)23-7-13-26(14-8-23)36-18-2-17-33/h3-14,33H,2,15-20H2,1H3,(H,31,34)/t29-/m1/s1. The van der Waals surface area contributed by atoms with Crippen molar-refractivity contribution in [3.8, 4) is 11.5 Å². The van der Waals surface area contributed by atoms with E-state index in [1.807, 2.05) is 72.8 Å². The van der Waals surface area contributed by atoms with Gasteiger partial charge in [0.05, 0.1) is 13.7 Å². The van der Waals surface area contributed by atoms with E-state index < -0.39 is 5.54 Å². The first kappa shape index (κ1) is 26.7. The number of ether oxygens (including phenoxy) is 3. The fourth-order valence-electron chi connectivity index (χ4n) is 4.05. The van der Waals surface area contributed by atoms with Gasteiger partial charge in [-0.1, -0.05) is 40.2 Å². The van der Waals surface area contributed by atoms with Gasteiger partial charge < -0.3 is 24.6 Å². The van der Waals surface area contributed by atoms with Crippen molar-refractivity contribution in [2.24, 2.45) is 4.99 Å². The van der Waals surface area contributed by atoms with Gasteiger partial charge in [0.1, 0.15) is 18.1 Å². The van der Waals surface area contributed by atoms with Gasteiger partial charge in [-0.3, -0.25) is 4.79 Å². The van der Waals surface area contributed by atoms with E-state index in [1.54, 1.807) is 7.11 Å². The summed E-state index contributed by atoms with van der Waals surface area (Å²) in [4.78, 5) is 18.4. The summed E-state index contributed by atoms with van der Waals surface area (Å²) in [6.45, 7) is 1.17. The van der Waals surface area contributed by atoms with Gasteiger partial charge in [-0.2, -0.15) is 0 Å². The van der Waals surface area contributed by atoms with Crippen LogP contribution in [0.1, 0.15) is 23.1 Å². The maximum absolute atomic E-state index is 13.5. The number of hydrogen-bond acceptors (Lipinski definition) is 6. The summed E-state index contributed by atoms with van der Waals surface area (Å²) >= 11 is 3.47. The molecule has 0 unspecified atom stereocenters. The highest BCUT2D eigenvalue weighted by Crippen LogP contribution is 2.28. The van der Waals surface area contributed by atoms with Crippen LogP contribution in [0.25, 0.3) is 0 Å². The monoisotopic (exact) mass is 566 g/mol. The summed E-state index contributed by atoms with van der Waals surface area (Å²) in [5.74, 6) is 1.77. The number of aliphatic hydroxyl groups is 1. The lowest BCUT2D eigenvalue weighted by Crippen LogP contribution is -2.48. The minimum atomic E-state index is -1.07. The summed E-state index contributed by atoms with van der Waals surface area (Å²) in [5, 5.41) is 12.0. The van der Waals surface area contributed by atoms with E-state index in [0.717, 1.165) is 26.9 Å². The van der Waals surface area contributed by atoms with Crippen molar-refractivity contribution in [2.45, 2.75) is 24.8 Å². The predicted octanol–water partition coefficient (Wildman–Crippen LogP) is 4.34. The Labute approximate surface area is 225 Å². The second-order valence-corrected chi connectivity index (χ2v) is 9.76. The molecule has 7 nitrogen and oxygen atoms in total. The number of rotatable bonds is 12. The fraction of sp³-hybridized carbons (Fsp3) is 0.310. The minimum absolute atomic E-state index is 0.0886. The lowest BCUT2D eigenvalue weighted by molar-refractivity contribution is -0.126. The number of nitrogens with zero attached hydrogens (tertiary/aromatic N) is 1. The molecule has 0 bridgehead atoms. The van der Waals surface area contributed by atoms with Crippen molar-refractivity contribution in [2.75, 3.05) is 33.5 Å². The van der Waals surface area contributed by atoms with Crippen LogP contribution in [0.2, 0.25) is 0 Å². The van der Waals surface area contributed by atoms with E-state index in [2.05, 4.69) is 21.2 Å². The molecule has 3 aromatic rings. The highest BCUT2D eigenvalue weighted by Gasteiger charge is 2.44. The lowest BCUT2D eigenvalue weighted by atomic mass is 9.91. The normalized spacial score (nSPS) is 16.6. The van der Waals surface area contributed by atoms with Crippen molar-refractivity contribution in [3.63, 3.8) is 0 Å². The Hall–Kier alpha value is -3.36. The van der Waals surface area contributed by atoms with Gasteiger partial charge in [0.25, 0.3) is 5.91 Å². The molecule has 194 valence electrons. The number of aliphatic hydroxyl groups excluding tert-OH is 1. The van der Waals surface area contributed by atoms with E-state index in [1.165, 1.54) is 0 Å². The summed E-state index contributed by atoms with van der Waals surface area (Å²) in [7, 11) is 1.64. The summed E-state index contributed by atoms with van der Waals surface area (Å²) in [6, 6.07) is 23.1. The quantitative estimate of drug-likeness (QED) is 0.318. The number of halogens is 1. The molecule has 0 saturated heterocycles. The Kier molecular flexibility index (Phi) is 9.19. The molecule has 2 N–H and O–H groups in total. The number of hydrogen-bond donors (Lipinski definition) is 2. The second kappa shape index (κ2) is 12.7. The van der Waals surface area contributed by atoms with E-state index in [4.69, 9.17) is 24.3 Å². The van der Waals surface area contributed by atoms with Crippen molar-refractivity contribution in [1.82, 2.24) is 5.32 Å². The molecule has 8 heteroatoms. The molecule has 0 fully saturated rings. The molecule has 1 aliphatic rings. The number of methoxy groups -OCH3 is 1. The Morgan fingerprint density at radius 3 is 2.38 bits per heavy atom. The van der Waals surface area contributed by atoms with Crippen LogP contribution in [-0.4, -0.2) is 55.9 Å². The topological polar surface area (TPSA) is 89.4 Å². The van der Waals surface area contributed by atoms with Crippen molar-refractivity contribution in [3.05, 3.63) is 94.0 Å². The molecule has 3 aromatic carbocycles. The Morgan fingerprint density at radius 1 is 1.03 bits per heavy atom. The van der Waals surface area contributed by atoms with Crippen LogP contribution in [-0.2, 0) is 22.4 Å². The van der Waals surface area contributed by atoms with Crippen molar-refractivity contribution < 1.29 is 24.1 Å². The molecule has 0 aromatic heterocycles. The largest absolute Gasteiger partial charge is 0.497 e. The highest BCUT2D eigenvalue weighted by molar-refractivity contribution is 9.10. The molecule has 0 saturated carbocycles. The van der Waals surface area contributed by atoms with Crippen LogP contribution in [0.15, 0.2) is 82.3 Å². The molecule has 1 amide bonds. The van der Waals surface area contributed by atoms with Crippen molar-refractivity contribution >= 4 is 27.7 Å². The minimum Gasteiger partial charge on any atom is -0.497 e. The SMILES string of the molecule is COc1ccc(CCNC(=O)[C@@]2(Cc3ccc(Br)cc3)COC(c3ccc(OCCCO)cc3)=N2)cc1. The summed E-state index contributed by atoms with van der Waals surface area (Å²) in [5.41, 5.74) is 1.81. The fourth-order valence-corrected chi connectivity index (χ4v) is 4.31. The molecule has 1 heterocycles. The summed E-state index contributed by atoms with van der Waals surface area (Å²) in [6.07, 6.45) is 1.68. The Bertz CT molecular complexity index is 1200. The molecule has 0 aliphatic carbocycles. The van der Waals surface area contributed by atoms with Gasteiger partial charge >= 0.3 is 0 Å². The number of amides is 1. The molecular formula is C29H31BrN2O5. The first-order valence-electron chi connectivity index (χ1n) is 12.2. The van der Waals surface area contributed by atoms with Gasteiger partial charge in [-0.15, -0.1) is 0 Å². The van der Waals surface area contributed by atoms with Gasteiger partial charge in [0, 0.05) is 36.0 Å². The maximum Gasteiger partial charge on any atom is 0.251 e. The zero-order valence-electron chi connectivity index (χ0n) is 20.8. The number of carbonyl (C=O) groups excluding carboxylic acids is 1. The van der Waals surface area contributed by atoms with E-state index in [9.17, 15) is 4.79 Å². The molecule has 4 rings (SSSR count). The molecule has 1 atom stereocenters. The lowest BCUT2D eigenvalue weighted by Gasteiger charge is -2.23. The van der Waals surface area contributed by atoms with Crippen LogP contribution < -0.4 is 14.8 Å². The number of carbonyl (C=O) groups is 1. The number of aliphatic imine (C=N–C) groups is 1. The second-order valence-electron chi connectivity index (χ2n) is 8.84. The van der Waals surface area contributed by atoms with E-state index >= 15 is 0 Å². The van der Waals surface area contributed by atoms with E-state index in [-0.39, 0.29) is 19.1 Å². The molecule has 37 heavy (non-hydrogen) atoms. The van der Waals surface area contributed by atoms with Crippen LogP contribution >= 0.6 is 15.9 Å². The third-order valence-electron chi connectivity index (χ3n) is 6.13. The zero-order valence-corrected chi connectivity index (χ0v) is 22.4.